The van der Waals surface area contributed by atoms with Gasteiger partial charge < -0.3 is 15.4 Å². The molecule has 4 aromatic rings. The molecular formula is C25H26F3N7O2S2. The molecule has 5 rings (SSSR count). The van der Waals surface area contributed by atoms with E-state index in [0.717, 1.165) is 46.1 Å². The van der Waals surface area contributed by atoms with Crippen molar-refractivity contribution < 1.29 is 22.7 Å². The summed E-state index contributed by atoms with van der Waals surface area (Å²) in [6, 6.07) is 4.73. The number of aromatic nitrogens is 3. The minimum atomic E-state index is -4.52. The summed E-state index contributed by atoms with van der Waals surface area (Å²) in [5.41, 5.74) is 0.819. The van der Waals surface area contributed by atoms with Crippen molar-refractivity contribution in [2.45, 2.75) is 19.0 Å². The van der Waals surface area contributed by atoms with Crippen molar-refractivity contribution >= 4 is 55.6 Å². The maximum Gasteiger partial charge on any atom is 0.416 e. The normalized spacial score (nSPS) is 14.4. The summed E-state index contributed by atoms with van der Waals surface area (Å²) in [5.74, 6) is 0.766. The zero-order valence-corrected chi connectivity index (χ0v) is 22.4. The molecule has 2 amide bonds. The van der Waals surface area contributed by atoms with Gasteiger partial charge in [-0.2, -0.15) is 13.2 Å². The van der Waals surface area contributed by atoms with E-state index in [2.05, 4.69) is 35.8 Å². The highest BCUT2D eigenvalue weighted by atomic mass is 32.1. The van der Waals surface area contributed by atoms with Crippen LogP contribution < -0.4 is 16.0 Å². The third-order valence-corrected chi connectivity index (χ3v) is 8.05. The van der Waals surface area contributed by atoms with Crippen molar-refractivity contribution in [1.29, 1.82) is 0 Å². The molecule has 9 nitrogen and oxygen atoms in total. The van der Waals surface area contributed by atoms with Crippen LogP contribution in [0.5, 0.6) is 0 Å². The Morgan fingerprint density at radius 3 is 2.74 bits per heavy atom. The lowest BCUT2D eigenvalue weighted by Crippen LogP contribution is -2.37. The van der Waals surface area contributed by atoms with E-state index in [4.69, 9.17) is 4.74 Å². The summed E-state index contributed by atoms with van der Waals surface area (Å²) < 4.78 is 46.4. The Kier molecular flexibility index (Phi) is 8.55. The van der Waals surface area contributed by atoms with Gasteiger partial charge in [0.1, 0.15) is 12.1 Å². The molecule has 3 N–H and O–H groups in total. The summed E-state index contributed by atoms with van der Waals surface area (Å²) in [7, 11) is 0. The second-order valence-electron chi connectivity index (χ2n) is 8.82. The number of carbonyl (C=O) groups excluding carboxylic acids is 1. The monoisotopic (exact) mass is 577 g/mol. The van der Waals surface area contributed by atoms with Crippen molar-refractivity contribution in [2.24, 2.45) is 0 Å². The molecular weight excluding hydrogens is 551 g/mol. The smallest absolute Gasteiger partial charge is 0.379 e. The molecule has 0 saturated carbocycles. The van der Waals surface area contributed by atoms with Crippen LogP contribution in [0.25, 0.3) is 10.2 Å². The predicted molar refractivity (Wildman–Crippen MR) is 147 cm³/mol. The molecule has 39 heavy (non-hydrogen) atoms. The van der Waals surface area contributed by atoms with Gasteiger partial charge in [0, 0.05) is 49.4 Å². The number of amides is 2. The number of carbonyl (C=O) groups is 1. The van der Waals surface area contributed by atoms with Crippen LogP contribution in [0.3, 0.4) is 0 Å². The van der Waals surface area contributed by atoms with Gasteiger partial charge in [0.15, 0.2) is 5.13 Å². The lowest BCUT2D eigenvalue weighted by Gasteiger charge is -2.27. The quantitative estimate of drug-likeness (QED) is 0.247. The Bertz CT molecular complexity index is 1420. The van der Waals surface area contributed by atoms with Crippen molar-refractivity contribution in [3.8, 4) is 0 Å². The average molecular weight is 578 g/mol. The number of nitrogens with zero attached hydrogens (tertiary/aromatic N) is 4. The highest BCUT2D eigenvalue weighted by Gasteiger charge is 2.31. The second-order valence-corrected chi connectivity index (χ2v) is 10.8. The third kappa shape index (κ3) is 7.20. The first-order chi connectivity index (χ1) is 18.8. The number of rotatable bonds is 9. The fourth-order valence-electron chi connectivity index (χ4n) is 4.14. The van der Waals surface area contributed by atoms with Crippen LogP contribution in [0, 0.1) is 0 Å². The van der Waals surface area contributed by atoms with Crippen LogP contribution in [0.4, 0.5) is 34.6 Å². The first kappa shape index (κ1) is 27.2. The van der Waals surface area contributed by atoms with Crippen LogP contribution >= 0.6 is 22.7 Å². The van der Waals surface area contributed by atoms with Gasteiger partial charge in [-0.15, -0.1) is 22.7 Å². The number of hydrogen-bond acceptors (Lipinski definition) is 9. The molecule has 206 valence electrons. The van der Waals surface area contributed by atoms with Crippen LogP contribution in [0.2, 0.25) is 0 Å². The van der Waals surface area contributed by atoms with Crippen LogP contribution in [-0.4, -0.2) is 65.3 Å². The maximum atomic E-state index is 13.4. The predicted octanol–water partition coefficient (Wildman–Crippen LogP) is 5.34. The number of thiazole rings is 1. The standard InChI is InChI=1S/C25H26F3N7O2S2/c26-25(27,28)17-2-1-16(4-7-35-8-10-37-11-9-35)20(13-17)33-23(36)34-24-30-14-18(39-24)3-6-29-22-21-19(5-12-38-21)31-15-32-22/h1-2,5,12-15H,3-4,6-11H2,(H,29,31,32)(H2,30,33,34,36). The first-order valence-corrected chi connectivity index (χ1v) is 14.0. The molecule has 0 aliphatic carbocycles. The molecule has 0 bridgehead atoms. The summed E-state index contributed by atoms with van der Waals surface area (Å²) >= 11 is 2.86. The van der Waals surface area contributed by atoms with Gasteiger partial charge in [-0.25, -0.2) is 19.7 Å². The van der Waals surface area contributed by atoms with Gasteiger partial charge in [-0.1, -0.05) is 6.07 Å². The third-order valence-electron chi connectivity index (χ3n) is 6.17. The highest BCUT2D eigenvalue weighted by molar-refractivity contribution is 7.17. The van der Waals surface area contributed by atoms with Crippen LogP contribution in [0.15, 0.2) is 42.2 Å². The molecule has 1 saturated heterocycles. The second kappa shape index (κ2) is 12.2. The molecule has 1 fully saturated rings. The molecule has 0 atom stereocenters. The van der Waals surface area contributed by atoms with Gasteiger partial charge in [0.05, 0.1) is 29.0 Å². The molecule has 4 heterocycles. The Morgan fingerprint density at radius 1 is 1.08 bits per heavy atom. The van der Waals surface area contributed by atoms with Gasteiger partial charge in [0.25, 0.3) is 0 Å². The van der Waals surface area contributed by atoms with E-state index >= 15 is 0 Å². The lowest BCUT2D eigenvalue weighted by atomic mass is 10.1. The van der Waals surface area contributed by atoms with E-state index in [9.17, 15) is 18.0 Å². The number of thiophene rings is 1. The van der Waals surface area contributed by atoms with E-state index in [1.54, 1.807) is 17.5 Å². The maximum absolute atomic E-state index is 13.4. The average Bonchev–Trinajstić information content (AvgIpc) is 3.58. The molecule has 1 aromatic carbocycles. The Hall–Kier alpha value is -3.33. The molecule has 1 aliphatic heterocycles. The number of fused-ring (bicyclic) bond motifs is 1. The summed E-state index contributed by atoms with van der Waals surface area (Å²) in [4.78, 5) is 28.6. The van der Waals surface area contributed by atoms with Crippen LogP contribution in [-0.2, 0) is 23.8 Å². The number of ether oxygens (including phenoxy) is 1. The lowest BCUT2D eigenvalue weighted by molar-refractivity contribution is -0.137. The van der Waals surface area contributed by atoms with Crippen molar-refractivity contribution in [2.75, 3.05) is 55.3 Å². The fourth-order valence-corrected chi connectivity index (χ4v) is 5.76. The first-order valence-electron chi connectivity index (χ1n) is 12.3. The van der Waals surface area contributed by atoms with Gasteiger partial charge >= 0.3 is 12.2 Å². The van der Waals surface area contributed by atoms with Crippen LogP contribution in [0.1, 0.15) is 16.0 Å². The van der Waals surface area contributed by atoms with Gasteiger partial charge in [0.2, 0.25) is 0 Å². The Morgan fingerprint density at radius 2 is 1.92 bits per heavy atom. The Labute approximate surface area is 230 Å². The number of nitrogens with one attached hydrogen (secondary N) is 3. The number of alkyl halides is 3. The highest BCUT2D eigenvalue weighted by Crippen LogP contribution is 2.33. The largest absolute Gasteiger partial charge is 0.416 e. The number of morpholine rings is 1. The molecule has 0 spiro atoms. The number of halogens is 3. The van der Waals surface area contributed by atoms with Crippen molar-refractivity contribution in [3.05, 3.63) is 58.2 Å². The SMILES string of the molecule is O=C(Nc1ncc(CCNc2ncnc3ccsc23)s1)Nc1cc(C(F)(F)F)ccc1CCN1CCOCC1. The zero-order chi connectivity index (χ0) is 27.2. The summed E-state index contributed by atoms with van der Waals surface area (Å²) in [6.45, 7) is 4.06. The van der Waals surface area contributed by atoms with Gasteiger partial charge in [-0.05, 0) is 35.6 Å². The van der Waals surface area contributed by atoms with E-state index in [-0.39, 0.29) is 5.69 Å². The van der Waals surface area contributed by atoms with Crippen molar-refractivity contribution in [3.63, 3.8) is 0 Å². The zero-order valence-electron chi connectivity index (χ0n) is 20.8. The molecule has 1 aliphatic rings. The molecule has 14 heteroatoms. The number of anilines is 3. The molecule has 3 aromatic heterocycles. The van der Waals surface area contributed by atoms with E-state index in [0.29, 0.717) is 49.8 Å². The number of benzene rings is 1. The summed E-state index contributed by atoms with van der Waals surface area (Å²) in [5, 5.41) is 10.9. The van der Waals surface area contributed by atoms with E-state index in [1.807, 2.05) is 11.4 Å². The molecule has 0 unspecified atom stereocenters. The van der Waals surface area contributed by atoms with E-state index in [1.165, 1.54) is 23.7 Å². The van der Waals surface area contributed by atoms with Crippen molar-refractivity contribution in [1.82, 2.24) is 19.9 Å². The Balaban J connectivity index is 1.18. The fraction of sp³-hybridized carbons (Fsp3) is 0.360. The molecule has 0 radical (unpaired) electrons. The number of urea groups is 1. The summed E-state index contributed by atoms with van der Waals surface area (Å²) in [6.07, 6.45) is -0.192. The minimum Gasteiger partial charge on any atom is -0.379 e. The number of hydrogen-bond donors (Lipinski definition) is 3. The topological polar surface area (TPSA) is 104 Å². The minimum absolute atomic E-state index is 0.126. The van der Waals surface area contributed by atoms with Gasteiger partial charge in [-0.3, -0.25) is 10.2 Å². The van der Waals surface area contributed by atoms with E-state index < -0.39 is 17.8 Å².